The zero-order valence-corrected chi connectivity index (χ0v) is 17.2. The summed E-state index contributed by atoms with van der Waals surface area (Å²) in [5.41, 5.74) is 2.96. The first-order valence-corrected chi connectivity index (χ1v) is 9.90. The molecule has 0 unspecified atom stereocenters. The molecule has 1 aliphatic heterocycles. The van der Waals surface area contributed by atoms with Crippen molar-refractivity contribution in [3.8, 4) is 34.5 Å². The summed E-state index contributed by atoms with van der Waals surface area (Å²) in [6, 6.07) is 14.5. The minimum atomic E-state index is -0.201. The van der Waals surface area contributed by atoms with E-state index in [9.17, 15) is 4.79 Å². The number of rotatable bonds is 5. The molecule has 0 saturated heterocycles. The van der Waals surface area contributed by atoms with E-state index >= 15 is 0 Å². The van der Waals surface area contributed by atoms with Crippen LogP contribution in [0.15, 0.2) is 59.3 Å². The first-order chi connectivity index (χ1) is 15.1. The molecule has 0 fully saturated rings. The lowest BCUT2D eigenvalue weighted by Gasteiger charge is -2.09. The standard InChI is InChI=1S/C22H17ClN4O4/c1-13-4-6-15(10-16(13)23)24-20(28)11-27-8-2-3-17(27)22-25-21(26-31-22)14-5-7-18-19(9-14)30-12-29-18/h2-10H,11-12H2,1H3,(H,24,28). The highest BCUT2D eigenvalue weighted by atomic mass is 35.5. The normalized spacial score (nSPS) is 12.2. The van der Waals surface area contributed by atoms with E-state index < -0.39 is 0 Å². The van der Waals surface area contributed by atoms with Crippen LogP contribution >= 0.6 is 11.6 Å². The van der Waals surface area contributed by atoms with Crippen LogP contribution in [0.5, 0.6) is 11.5 Å². The molecule has 1 aliphatic rings. The maximum absolute atomic E-state index is 12.5. The Morgan fingerprint density at radius 1 is 1.16 bits per heavy atom. The minimum Gasteiger partial charge on any atom is -0.454 e. The number of halogens is 1. The number of aryl methyl sites for hydroxylation is 1. The zero-order chi connectivity index (χ0) is 21.4. The van der Waals surface area contributed by atoms with Crippen LogP contribution in [-0.4, -0.2) is 27.4 Å². The lowest BCUT2D eigenvalue weighted by atomic mass is 10.2. The van der Waals surface area contributed by atoms with Crippen LogP contribution in [0.1, 0.15) is 5.56 Å². The van der Waals surface area contributed by atoms with Crippen molar-refractivity contribution in [2.45, 2.75) is 13.5 Å². The molecule has 0 aliphatic carbocycles. The van der Waals surface area contributed by atoms with Crippen molar-refractivity contribution in [2.75, 3.05) is 12.1 Å². The van der Waals surface area contributed by atoms with Gasteiger partial charge in [0.2, 0.25) is 18.5 Å². The zero-order valence-electron chi connectivity index (χ0n) is 16.5. The molecule has 3 heterocycles. The van der Waals surface area contributed by atoms with E-state index in [-0.39, 0.29) is 19.2 Å². The quantitative estimate of drug-likeness (QED) is 0.494. The molecule has 2 aromatic carbocycles. The maximum Gasteiger partial charge on any atom is 0.274 e. The van der Waals surface area contributed by atoms with Gasteiger partial charge in [0.05, 0.1) is 0 Å². The molecular formula is C22H17ClN4O4. The Balaban J connectivity index is 1.33. The van der Waals surface area contributed by atoms with Crippen LogP contribution in [0, 0.1) is 6.92 Å². The summed E-state index contributed by atoms with van der Waals surface area (Å²) in [7, 11) is 0. The van der Waals surface area contributed by atoms with Crippen molar-refractivity contribution >= 4 is 23.2 Å². The van der Waals surface area contributed by atoms with Gasteiger partial charge in [-0.1, -0.05) is 22.8 Å². The maximum atomic E-state index is 12.5. The number of amides is 1. The Hall–Kier alpha value is -3.78. The summed E-state index contributed by atoms with van der Waals surface area (Å²) < 4.78 is 17.9. The van der Waals surface area contributed by atoms with Gasteiger partial charge in [-0.2, -0.15) is 4.98 Å². The summed E-state index contributed by atoms with van der Waals surface area (Å²) in [6.07, 6.45) is 1.78. The van der Waals surface area contributed by atoms with Gasteiger partial charge in [-0.3, -0.25) is 4.79 Å². The van der Waals surface area contributed by atoms with Gasteiger partial charge in [0.1, 0.15) is 12.2 Å². The molecule has 8 nitrogen and oxygen atoms in total. The van der Waals surface area contributed by atoms with Crippen molar-refractivity contribution in [3.63, 3.8) is 0 Å². The van der Waals surface area contributed by atoms with E-state index in [1.165, 1.54) is 0 Å². The van der Waals surface area contributed by atoms with Gasteiger partial charge in [-0.05, 0) is 55.0 Å². The number of hydrogen-bond acceptors (Lipinski definition) is 6. The molecule has 9 heteroatoms. The van der Waals surface area contributed by atoms with Crippen LogP contribution in [-0.2, 0) is 11.3 Å². The van der Waals surface area contributed by atoms with Crippen LogP contribution in [0.25, 0.3) is 23.0 Å². The molecule has 0 bridgehead atoms. The summed E-state index contributed by atoms with van der Waals surface area (Å²) >= 11 is 6.13. The van der Waals surface area contributed by atoms with E-state index in [4.69, 9.17) is 25.6 Å². The minimum absolute atomic E-state index is 0.0789. The highest BCUT2D eigenvalue weighted by Gasteiger charge is 2.19. The van der Waals surface area contributed by atoms with E-state index in [2.05, 4.69) is 15.5 Å². The number of nitrogens with one attached hydrogen (secondary N) is 1. The number of carbonyl (C=O) groups excluding carboxylic acids is 1. The molecule has 0 saturated carbocycles. The van der Waals surface area contributed by atoms with Crippen molar-refractivity contribution in [1.29, 1.82) is 0 Å². The molecule has 1 N–H and O–H groups in total. The van der Waals surface area contributed by atoms with Crippen molar-refractivity contribution in [3.05, 3.63) is 65.3 Å². The first-order valence-electron chi connectivity index (χ1n) is 9.52. The number of anilines is 1. The molecule has 156 valence electrons. The van der Waals surface area contributed by atoms with Gasteiger partial charge in [-0.15, -0.1) is 0 Å². The van der Waals surface area contributed by atoms with Gasteiger partial charge in [0.25, 0.3) is 5.89 Å². The second-order valence-corrected chi connectivity index (χ2v) is 7.43. The number of carbonyl (C=O) groups is 1. The number of fused-ring (bicyclic) bond motifs is 1. The Kier molecular flexibility index (Phi) is 4.83. The Morgan fingerprint density at radius 2 is 2.03 bits per heavy atom. The van der Waals surface area contributed by atoms with E-state index in [1.54, 1.807) is 29.0 Å². The van der Waals surface area contributed by atoms with Crippen LogP contribution in [0.2, 0.25) is 5.02 Å². The highest BCUT2D eigenvalue weighted by molar-refractivity contribution is 6.31. The third kappa shape index (κ3) is 3.85. The summed E-state index contributed by atoms with van der Waals surface area (Å²) in [5.74, 6) is 1.85. The van der Waals surface area contributed by atoms with Gasteiger partial charge in [0.15, 0.2) is 11.5 Å². The second-order valence-electron chi connectivity index (χ2n) is 7.02. The molecule has 4 aromatic rings. The molecule has 0 atom stereocenters. The van der Waals surface area contributed by atoms with Crippen LogP contribution in [0.3, 0.4) is 0 Å². The average molecular weight is 437 g/mol. The Morgan fingerprint density at radius 3 is 2.90 bits per heavy atom. The molecule has 5 rings (SSSR count). The smallest absolute Gasteiger partial charge is 0.274 e. The summed E-state index contributed by atoms with van der Waals surface area (Å²) in [5, 5.41) is 7.51. The monoisotopic (exact) mass is 436 g/mol. The van der Waals surface area contributed by atoms with Crippen molar-refractivity contribution in [2.24, 2.45) is 0 Å². The van der Waals surface area contributed by atoms with Gasteiger partial charge in [-0.25, -0.2) is 0 Å². The Labute approximate surface area is 182 Å². The third-order valence-electron chi connectivity index (χ3n) is 4.87. The second kappa shape index (κ2) is 7.81. The fourth-order valence-electron chi connectivity index (χ4n) is 3.25. The number of aromatic nitrogens is 3. The molecule has 31 heavy (non-hydrogen) atoms. The molecular weight excluding hydrogens is 420 g/mol. The van der Waals surface area contributed by atoms with Crippen LogP contribution < -0.4 is 14.8 Å². The number of benzene rings is 2. The average Bonchev–Trinajstić information content (AvgIpc) is 3.50. The predicted octanol–water partition coefficient (Wildman–Crippen LogP) is 4.53. The first kappa shape index (κ1) is 19.2. The fourth-order valence-corrected chi connectivity index (χ4v) is 3.43. The van der Waals surface area contributed by atoms with Gasteiger partial charge in [0, 0.05) is 22.5 Å². The molecule has 1 amide bonds. The summed E-state index contributed by atoms with van der Waals surface area (Å²) in [4.78, 5) is 17.0. The lowest BCUT2D eigenvalue weighted by molar-refractivity contribution is -0.116. The predicted molar refractivity (Wildman–Crippen MR) is 114 cm³/mol. The molecule has 0 spiro atoms. The Bertz CT molecular complexity index is 1280. The fraction of sp³-hybridized carbons (Fsp3) is 0.136. The van der Waals surface area contributed by atoms with Crippen molar-refractivity contribution in [1.82, 2.24) is 14.7 Å². The van der Waals surface area contributed by atoms with E-state index in [1.807, 2.05) is 37.3 Å². The molecule has 0 radical (unpaired) electrons. The highest BCUT2D eigenvalue weighted by Crippen LogP contribution is 2.35. The lowest BCUT2D eigenvalue weighted by Crippen LogP contribution is -2.18. The number of hydrogen-bond donors (Lipinski definition) is 1. The van der Waals surface area contributed by atoms with Gasteiger partial charge >= 0.3 is 0 Å². The number of nitrogens with zero attached hydrogens (tertiary/aromatic N) is 3. The van der Waals surface area contributed by atoms with Gasteiger partial charge < -0.3 is 23.9 Å². The van der Waals surface area contributed by atoms with E-state index in [0.717, 1.165) is 11.1 Å². The summed E-state index contributed by atoms with van der Waals surface area (Å²) in [6.45, 7) is 2.18. The SMILES string of the molecule is Cc1ccc(NC(=O)Cn2cccc2-c2nc(-c3ccc4c(c3)OCO4)no2)cc1Cl. The largest absolute Gasteiger partial charge is 0.454 e. The van der Waals surface area contributed by atoms with E-state index in [0.29, 0.717) is 39.6 Å². The number of ether oxygens (including phenoxy) is 2. The third-order valence-corrected chi connectivity index (χ3v) is 5.28. The van der Waals surface area contributed by atoms with Crippen molar-refractivity contribution < 1.29 is 18.8 Å². The van der Waals surface area contributed by atoms with Crippen LogP contribution in [0.4, 0.5) is 5.69 Å². The topological polar surface area (TPSA) is 91.4 Å². The molecule has 2 aromatic heterocycles.